The molecule has 0 bridgehead atoms. The molecular formula is C22H22FN3O2S. The third-order valence-corrected chi connectivity index (χ3v) is 6.15. The molecule has 150 valence electrons. The lowest BCUT2D eigenvalue weighted by atomic mass is 10.2. The largest absolute Gasteiger partial charge is 0.343 e. The van der Waals surface area contributed by atoms with Gasteiger partial charge >= 0.3 is 0 Å². The van der Waals surface area contributed by atoms with Crippen LogP contribution in [-0.4, -0.2) is 33.4 Å². The number of carbonyl (C=O) groups is 1. The van der Waals surface area contributed by atoms with E-state index in [0.29, 0.717) is 53.3 Å². The molecule has 7 heteroatoms. The molecule has 1 saturated heterocycles. The molecule has 29 heavy (non-hydrogen) atoms. The first-order chi connectivity index (χ1) is 14.1. The molecule has 3 aromatic rings. The highest BCUT2D eigenvalue weighted by Gasteiger charge is 2.20. The Kier molecular flexibility index (Phi) is 5.94. The van der Waals surface area contributed by atoms with Crippen molar-refractivity contribution in [2.75, 3.05) is 13.1 Å². The number of rotatable bonds is 7. The lowest BCUT2D eigenvalue weighted by Crippen LogP contribution is -2.29. The number of para-hydroxylation sites is 1. The number of fused-ring (bicyclic) bond motifs is 1. The first-order valence-electron chi connectivity index (χ1n) is 9.77. The summed E-state index contributed by atoms with van der Waals surface area (Å²) < 4.78 is 15.7. The van der Waals surface area contributed by atoms with E-state index in [-0.39, 0.29) is 17.3 Å². The number of carbonyl (C=O) groups excluding carboxylic acids is 1. The summed E-state index contributed by atoms with van der Waals surface area (Å²) in [6, 6.07) is 13.9. The zero-order valence-electron chi connectivity index (χ0n) is 16.0. The highest BCUT2D eigenvalue weighted by Crippen LogP contribution is 2.24. The van der Waals surface area contributed by atoms with Crippen molar-refractivity contribution in [1.82, 2.24) is 14.5 Å². The minimum Gasteiger partial charge on any atom is -0.343 e. The lowest BCUT2D eigenvalue weighted by Gasteiger charge is -2.17. The summed E-state index contributed by atoms with van der Waals surface area (Å²) in [5.41, 5.74) is 1.12. The van der Waals surface area contributed by atoms with Gasteiger partial charge in [0.25, 0.3) is 5.56 Å². The van der Waals surface area contributed by atoms with Crippen LogP contribution in [0.25, 0.3) is 10.9 Å². The number of hydrogen-bond donors (Lipinski definition) is 0. The van der Waals surface area contributed by atoms with Crippen LogP contribution in [0.15, 0.2) is 58.5 Å². The van der Waals surface area contributed by atoms with Crippen LogP contribution in [0.3, 0.4) is 0 Å². The van der Waals surface area contributed by atoms with Gasteiger partial charge in [0.2, 0.25) is 5.91 Å². The molecule has 2 aromatic carbocycles. The van der Waals surface area contributed by atoms with Crippen LogP contribution in [0.2, 0.25) is 0 Å². The van der Waals surface area contributed by atoms with Crippen molar-refractivity contribution in [3.63, 3.8) is 0 Å². The van der Waals surface area contributed by atoms with Crippen LogP contribution in [0.1, 0.15) is 24.8 Å². The predicted molar refractivity (Wildman–Crippen MR) is 112 cm³/mol. The summed E-state index contributed by atoms with van der Waals surface area (Å²) >= 11 is 1.36. The summed E-state index contributed by atoms with van der Waals surface area (Å²) in [6.07, 6.45) is 2.19. The van der Waals surface area contributed by atoms with Crippen LogP contribution in [-0.2, 0) is 17.1 Å². The number of halogens is 1. The Balaban J connectivity index is 1.58. The van der Waals surface area contributed by atoms with Crippen LogP contribution in [0.5, 0.6) is 0 Å². The minimum atomic E-state index is -0.262. The molecule has 1 aliphatic rings. The number of nitrogens with zero attached hydrogens (tertiary/aromatic N) is 3. The van der Waals surface area contributed by atoms with Crippen molar-refractivity contribution in [1.29, 1.82) is 0 Å². The topological polar surface area (TPSA) is 55.2 Å². The van der Waals surface area contributed by atoms with E-state index < -0.39 is 0 Å². The summed E-state index contributed by atoms with van der Waals surface area (Å²) in [7, 11) is 0. The zero-order chi connectivity index (χ0) is 20.2. The first-order valence-corrected chi connectivity index (χ1v) is 10.8. The Bertz CT molecular complexity index is 1100. The van der Waals surface area contributed by atoms with Crippen molar-refractivity contribution >= 4 is 28.6 Å². The number of likely N-dealkylation sites (tertiary alicyclic amines) is 1. The second-order valence-electron chi connectivity index (χ2n) is 7.09. The average molecular weight is 412 g/mol. The summed E-state index contributed by atoms with van der Waals surface area (Å²) in [4.78, 5) is 31.4. The Morgan fingerprint density at radius 2 is 1.83 bits per heavy atom. The maximum Gasteiger partial charge on any atom is 0.262 e. The number of benzene rings is 2. The fourth-order valence-electron chi connectivity index (χ4n) is 3.57. The van der Waals surface area contributed by atoms with Crippen molar-refractivity contribution < 1.29 is 9.18 Å². The van der Waals surface area contributed by atoms with Crippen molar-refractivity contribution in [2.24, 2.45) is 0 Å². The van der Waals surface area contributed by atoms with E-state index >= 15 is 0 Å². The van der Waals surface area contributed by atoms with Gasteiger partial charge in [-0.1, -0.05) is 42.1 Å². The molecule has 0 atom stereocenters. The molecule has 1 aromatic heterocycles. The van der Waals surface area contributed by atoms with E-state index in [4.69, 9.17) is 0 Å². The van der Waals surface area contributed by atoms with Crippen molar-refractivity contribution in [3.05, 3.63) is 70.3 Å². The van der Waals surface area contributed by atoms with Crippen LogP contribution < -0.4 is 5.56 Å². The summed E-state index contributed by atoms with van der Waals surface area (Å²) in [6.45, 7) is 1.90. The second-order valence-corrected chi connectivity index (χ2v) is 8.03. The summed E-state index contributed by atoms with van der Waals surface area (Å²) in [5.74, 6) is 0.313. The minimum absolute atomic E-state index is 0.0978. The Morgan fingerprint density at radius 1 is 1.03 bits per heavy atom. The van der Waals surface area contributed by atoms with Crippen LogP contribution in [0, 0.1) is 5.82 Å². The smallest absolute Gasteiger partial charge is 0.262 e. The molecule has 0 radical (unpaired) electrons. The molecule has 0 aliphatic carbocycles. The monoisotopic (exact) mass is 411 g/mol. The fourth-order valence-corrected chi connectivity index (χ4v) is 4.58. The zero-order valence-corrected chi connectivity index (χ0v) is 16.8. The molecule has 0 N–H and O–H groups in total. The standard InChI is InChI=1S/C22H22FN3O2S/c23-18-9-3-1-7-16(18)15-29-22-24-19-10-4-2-8-17(19)21(28)26(22)14-6-13-25-12-5-11-20(25)27/h1-4,7-10H,5-6,11-15H2. The van der Waals surface area contributed by atoms with Gasteiger partial charge < -0.3 is 4.90 Å². The number of hydrogen-bond acceptors (Lipinski definition) is 4. The van der Waals surface area contributed by atoms with Gasteiger partial charge in [-0.05, 0) is 36.6 Å². The third-order valence-electron chi connectivity index (χ3n) is 5.12. The molecule has 4 rings (SSSR count). The van der Waals surface area contributed by atoms with Gasteiger partial charge in [0.1, 0.15) is 5.82 Å². The normalized spacial score (nSPS) is 14.1. The van der Waals surface area contributed by atoms with Gasteiger partial charge in [0, 0.05) is 31.8 Å². The van der Waals surface area contributed by atoms with E-state index in [1.807, 2.05) is 23.1 Å². The first kappa shape index (κ1) is 19.6. The highest BCUT2D eigenvalue weighted by atomic mass is 32.2. The molecule has 0 saturated carbocycles. The summed E-state index contributed by atoms with van der Waals surface area (Å²) in [5, 5.41) is 1.14. The van der Waals surface area contributed by atoms with E-state index in [2.05, 4.69) is 4.98 Å². The van der Waals surface area contributed by atoms with Gasteiger partial charge in [-0.15, -0.1) is 0 Å². The van der Waals surface area contributed by atoms with Gasteiger partial charge in [-0.3, -0.25) is 14.2 Å². The number of amides is 1. The third kappa shape index (κ3) is 4.34. The molecular weight excluding hydrogens is 389 g/mol. The molecule has 1 fully saturated rings. The molecule has 0 spiro atoms. The van der Waals surface area contributed by atoms with Gasteiger partial charge in [0.05, 0.1) is 10.9 Å². The SMILES string of the molecule is O=C1CCCN1CCCn1c(SCc2ccccc2F)nc2ccccc2c1=O. The lowest BCUT2D eigenvalue weighted by molar-refractivity contribution is -0.127. The van der Waals surface area contributed by atoms with Crippen LogP contribution >= 0.6 is 11.8 Å². The molecule has 2 heterocycles. The highest BCUT2D eigenvalue weighted by molar-refractivity contribution is 7.98. The van der Waals surface area contributed by atoms with Gasteiger partial charge in [-0.2, -0.15) is 0 Å². The van der Waals surface area contributed by atoms with Gasteiger partial charge in [0.15, 0.2) is 5.16 Å². The van der Waals surface area contributed by atoms with E-state index in [0.717, 1.165) is 13.0 Å². The molecule has 1 amide bonds. The van der Waals surface area contributed by atoms with E-state index in [1.165, 1.54) is 17.8 Å². The molecule has 0 unspecified atom stereocenters. The van der Waals surface area contributed by atoms with Gasteiger partial charge in [-0.25, -0.2) is 9.37 Å². The Hall–Kier alpha value is -2.67. The Morgan fingerprint density at radius 3 is 2.62 bits per heavy atom. The second kappa shape index (κ2) is 8.78. The van der Waals surface area contributed by atoms with E-state index in [1.54, 1.807) is 28.8 Å². The fraction of sp³-hybridized carbons (Fsp3) is 0.318. The van der Waals surface area contributed by atoms with Crippen molar-refractivity contribution in [3.8, 4) is 0 Å². The van der Waals surface area contributed by atoms with Crippen LogP contribution in [0.4, 0.5) is 4.39 Å². The number of aromatic nitrogens is 2. The quantitative estimate of drug-likeness (QED) is 0.438. The Labute approximate surface area is 172 Å². The molecule has 5 nitrogen and oxygen atoms in total. The maximum atomic E-state index is 14.0. The molecule has 1 aliphatic heterocycles. The maximum absolute atomic E-state index is 14.0. The predicted octanol–water partition coefficient (Wildman–Crippen LogP) is 3.84. The average Bonchev–Trinajstić information content (AvgIpc) is 3.14. The number of thioether (sulfide) groups is 1. The van der Waals surface area contributed by atoms with Crippen molar-refractivity contribution in [2.45, 2.75) is 36.7 Å². The van der Waals surface area contributed by atoms with E-state index in [9.17, 15) is 14.0 Å².